The first kappa shape index (κ1) is 20.8. The predicted molar refractivity (Wildman–Crippen MR) is 130 cm³/mol. The Kier molecular flexibility index (Phi) is 5.59. The predicted octanol–water partition coefficient (Wildman–Crippen LogP) is 5.71. The maximum atomic E-state index is 12.8. The SMILES string of the molecule is O=C(NCc1cccc(-c2ccc(O)cc2)c1)c1ccc2c(c1)NC(=O)c1ccccc1S2. The average Bonchev–Trinajstić information content (AvgIpc) is 2.98. The third-order valence-corrected chi connectivity index (χ3v) is 6.57. The standard InChI is InChI=1S/C27H20N2O3S/c30-21-11-8-18(9-12-21)19-5-3-4-17(14-19)16-28-26(31)20-10-13-25-23(15-20)29-27(32)22-6-1-2-7-24(22)33-25/h1-15,30H,16H2,(H,28,31)(H,29,32). The van der Waals surface area contributed by atoms with Crippen LogP contribution in [0.5, 0.6) is 5.75 Å². The molecule has 4 aromatic rings. The molecule has 0 spiro atoms. The van der Waals surface area contributed by atoms with Crippen molar-refractivity contribution in [1.29, 1.82) is 0 Å². The van der Waals surface area contributed by atoms with Crippen molar-refractivity contribution in [2.75, 3.05) is 5.32 Å². The molecule has 4 aromatic carbocycles. The van der Waals surface area contributed by atoms with Crippen LogP contribution in [0.2, 0.25) is 0 Å². The van der Waals surface area contributed by atoms with Crippen LogP contribution in [-0.4, -0.2) is 16.9 Å². The van der Waals surface area contributed by atoms with Gasteiger partial charge in [-0.3, -0.25) is 9.59 Å². The molecule has 5 nitrogen and oxygen atoms in total. The number of carbonyl (C=O) groups excluding carboxylic acids is 2. The van der Waals surface area contributed by atoms with Crippen molar-refractivity contribution in [2.45, 2.75) is 16.3 Å². The number of nitrogens with one attached hydrogen (secondary N) is 2. The molecule has 0 aromatic heterocycles. The van der Waals surface area contributed by atoms with Gasteiger partial charge in [0.15, 0.2) is 0 Å². The summed E-state index contributed by atoms with van der Waals surface area (Å²) in [6.07, 6.45) is 0. The van der Waals surface area contributed by atoms with Gasteiger partial charge in [-0.15, -0.1) is 0 Å². The second-order valence-corrected chi connectivity index (χ2v) is 8.78. The van der Waals surface area contributed by atoms with Crippen molar-refractivity contribution in [3.05, 3.63) is 108 Å². The monoisotopic (exact) mass is 452 g/mol. The Morgan fingerprint density at radius 1 is 0.848 bits per heavy atom. The van der Waals surface area contributed by atoms with E-state index in [2.05, 4.69) is 10.6 Å². The third kappa shape index (κ3) is 4.47. The smallest absolute Gasteiger partial charge is 0.256 e. The number of carbonyl (C=O) groups is 2. The molecule has 0 saturated heterocycles. The molecule has 0 atom stereocenters. The zero-order chi connectivity index (χ0) is 22.8. The zero-order valence-corrected chi connectivity index (χ0v) is 18.4. The number of hydrogen-bond acceptors (Lipinski definition) is 4. The first-order chi connectivity index (χ1) is 16.1. The van der Waals surface area contributed by atoms with Crippen molar-refractivity contribution < 1.29 is 14.7 Å². The van der Waals surface area contributed by atoms with Gasteiger partial charge in [0.2, 0.25) is 0 Å². The fourth-order valence-corrected chi connectivity index (χ4v) is 4.72. The van der Waals surface area contributed by atoms with Gasteiger partial charge < -0.3 is 15.7 Å². The van der Waals surface area contributed by atoms with Crippen molar-refractivity contribution in [3.8, 4) is 16.9 Å². The molecule has 33 heavy (non-hydrogen) atoms. The molecule has 2 amide bonds. The molecule has 0 aliphatic carbocycles. The number of fused-ring (bicyclic) bond motifs is 2. The van der Waals surface area contributed by atoms with Gasteiger partial charge in [-0.1, -0.05) is 54.2 Å². The highest BCUT2D eigenvalue weighted by Crippen LogP contribution is 2.39. The van der Waals surface area contributed by atoms with Crippen molar-refractivity contribution in [1.82, 2.24) is 5.32 Å². The number of anilines is 1. The average molecular weight is 453 g/mol. The topological polar surface area (TPSA) is 78.4 Å². The lowest BCUT2D eigenvalue weighted by Gasteiger charge is -2.11. The van der Waals surface area contributed by atoms with Crippen LogP contribution >= 0.6 is 11.8 Å². The van der Waals surface area contributed by atoms with E-state index in [9.17, 15) is 14.7 Å². The summed E-state index contributed by atoms with van der Waals surface area (Å²) in [6, 6.07) is 27.7. The Morgan fingerprint density at radius 2 is 1.67 bits per heavy atom. The van der Waals surface area contributed by atoms with Gasteiger partial charge in [0.1, 0.15) is 5.75 Å². The summed E-state index contributed by atoms with van der Waals surface area (Å²) >= 11 is 1.51. The van der Waals surface area contributed by atoms with Gasteiger partial charge >= 0.3 is 0 Å². The number of phenols is 1. The van der Waals surface area contributed by atoms with E-state index >= 15 is 0 Å². The van der Waals surface area contributed by atoms with E-state index in [1.54, 1.807) is 30.3 Å². The zero-order valence-electron chi connectivity index (χ0n) is 17.5. The van der Waals surface area contributed by atoms with Crippen LogP contribution in [0, 0.1) is 0 Å². The minimum Gasteiger partial charge on any atom is -0.508 e. The highest BCUT2D eigenvalue weighted by molar-refractivity contribution is 7.99. The summed E-state index contributed by atoms with van der Waals surface area (Å²) in [7, 11) is 0. The van der Waals surface area contributed by atoms with Gasteiger partial charge in [-0.25, -0.2) is 0 Å². The van der Waals surface area contributed by atoms with E-state index < -0.39 is 0 Å². The summed E-state index contributed by atoms with van der Waals surface area (Å²) in [4.78, 5) is 27.2. The molecule has 1 heterocycles. The van der Waals surface area contributed by atoms with Gasteiger partial charge in [-0.05, 0) is 65.2 Å². The summed E-state index contributed by atoms with van der Waals surface area (Å²) in [5.74, 6) is -0.171. The van der Waals surface area contributed by atoms with Crippen LogP contribution < -0.4 is 10.6 Å². The number of hydrogen-bond donors (Lipinski definition) is 3. The number of phenolic OH excluding ortho intramolecular Hbond substituents is 1. The lowest BCUT2D eigenvalue weighted by Crippen LogP contribution is -2.23. The molecule has 0 radical (unpaired) electrons. The molecule has 0 unspecified atom stereocenters. The van der Waals surface area contributed by atoms with E-state index in [0.29, 0.717) is 23.4 Å². The van der Waals surface area contributed by atoms with Crippen LogP contribution in [0.25, 0.3) is 11.1 Å². The van der Waals surface area contributed by atoms with Crippen molar-refractivity contribution >= 4 is 29.3 Å². The Bertz CT molecular complexity index is 1370. The Balaban J connectivity index is 1.30. The first-order valence-electron chi connectivity index (χ1n) is 10.5. The molecule has 3 N–H and O–H groups in total. The number of amides is 2. The van der Waals surface area contributed by atoms with Crippen molar-refractivity contribution in [2.24, 2.45) is 0 Å². The van der Waals surface area contributed by atoms with Gasteiger partial charge in [0.05, 0.1) is 11.3 Å². The van der Waals surface area contributed by atoms with Crippen LogP contribution in [-0.2, 0) is 6.54 Å². The Labute approximate surface area is 195 Å². The van der Waals surface area contributed by atoms with Gasteiger partial charge in [0.25, 0.3) is 11.8 Å². The van der Waals surface area contributed by atoms with E-state index in [4.69, 9.17) is 0 Å². The minimum absolute atomic E-state index is 0.180. The molecule has 5 rings (SSSR count). The quantitative estimate of drug-likeness (QED) is 0.371. The molecule has 162 valence electrons. The highest BCUT2D eigenvalue weighted by Gasteiger charge is 2.20. The van der Waals surface area contributed by atoms with E-state index in [-0.39, 0.29) is 17.6 Å². The molecule has 6 heteroatoms. The summed E-state index contributed by atoms with van der Waals surface area (Å²) in [5, 5.41) is 15.4. The normalized spacial score (nSPS) is 12.2. The fourth-order valence-electron chi connectivity index (χ4n) is 3.71. The van der Waals surface area contributed by atoms with Crippen LogP contribution in [0.1, 0.15) is 26.3 Å². The van der Waals surface area contributed by atoms with Crippen LogP contribution in [0.3, 0.4) is 0 Å². The van der Waals surface area contributed by atoms with Gasteiger partial charge in [0, 0.05) is 21.9 Å². The van der Waals surface area contributed by atoms with Gasteiger partial charge in [-0.2, -0.15) is 0 Å². The molecule has 1 aliphatic rings. The summed E-state index contributed by atoms with van der Waals surface area (Å²) in [5.41, 5.74) is 4.69. The third-order valence-electron chi connectivity index (χ3n) is 5.42. The van der Waals surface area contributed by atoms with E-state index in [1.165, 1.54) is 11.8 Å². The lowest BCUT2D eigenvalue weighted by atomic mass is 10.0. The largest absolute Gasteiger partial charge is 0.508 e. The molecule has 0 fully saturated rings. The van der Waals surface area contributed by atoms with E-state index in [1.807, 2.05) is 60.7 Å². The number of aromatic hydroxyl groups is 1. The highest BCUT2D eigenvalue weighted by atomic mass is 32.2. The number of benzene rings is 4. The maximum absolute atomic E-state index is 12.8. The number of rotatable bonds is 4. The minimum atomic E-state index is -0.214. The maximum Gasteiger partial charge on any atom is 0.256 e. The molecular weight excluding hydrogens is 432 g/mol. The first-order valence-corrected chi connectivity index (χ1v) is 11.3. The second-order valence-electron chi connectivity index (χ2n) is 7.69. The molecule has 0 saturated carbocycles. The molecular formula is C27H20N2O3S. The molecule has 0 bridgehead atoms. The summed E-state index contributed by atoms with van der Waals surface area (Å²) < 4.78 is 0. The Morgan fingerprint density at radius 3 is 2.52 bits per heavy atom. The van der Waals surface area contributed by atoms with E-state index in [0.717, 1.165) is 26.5 Å². The Hall–Kier alpha value is -4.03. The van der Waals surface area contributed by atoms with Crippen LogP contribution in [0.4, 0.5) is 5.69 Å². The summed E-state index contributed by atoms with van der Waals surface area (Å²) in [6.45, 7) is 0.369. The fraction of sp³-hybridized carbons (Fsp3) is 0.0370. The van der Waals surface area contributed by atoms with Crippen LogP contribution in [0.15, 0.2) is 101 Å². The molecule has 1 aliphatic heterocycles. The van der Waals surface area contributed by atoms with Crippen molar-refractivity contribution in [3.63, 3.8) is 0 Å². The lowest BCUT2D eigenvalue weighted by molar-refractivity contribution is 0.0949. The second kappa shape index (κ2) is 8.84.